The SMILES string of the molecule is CCOc1ccc(/C=c2/sc3n(c2=O)[C@@H](c2ccc(F)cc2)C2=C(N=3)c3ccccc3CC2)cc1. The van der Waals surface area contributed by atoms with Gasteiger partial charge in [-0.25, -0.2) is 9.38 Å². The molecule has 4 nitrogen and oxygen atoms in total. The maximum atomic E-state index is 13.8. The lowest BCUT2D eigenvalue weighted by atomic mass is 9.83. The van der Waals surface area contributed by atoms with Crippen molar-refractivity contribution in [2.24, 2.45) is 4.99 Å². The quantitative estimate of drug-likeness (QED) is 0.417. The number of hydrogen-bond donors (Lipinski definition) is 0. The smallest absolute Gasteiger partial charge is 0.271 e. The normalized spacial score (nSPS) is 16.9. The molecule has 1 aliphatic heterocycles. The van der Waals surface area contributed by atoms with Crippen molar-refractivity contribution >= 4 is 23.1 Å². The zero-order valence-electron chi connectivity index (χ0n) is 19.2. The largest absolute Gasteiger partial charge is 0.494 e. The van der Waals surface area contributed by atoms with E-state index in [9.17, 15) is 9.18 Å². The van der Waals surface area contributed by atoms with Crippen molar-refractivity contribution < 1.29 is 9.13 Å². The van der Waals surface area contributed by atoms with Crippen molar-refractivity contribution in [1.29, 1.82) is 0 Å². The molecule has 3 aromatic carbocycles. The van der Waals surface area contributed by atoms with Gasteiger partial charge >= 0.3 is 0 Å². The molecular weight excluding hydrogens is 459 g/mol. The number of allylic oxidation sites excluding steroid dienone is 1. The number of ether oxygens (including phenoxy) is 1. The first-order valence-electron chi connectivity index (χ1n) is 11.7. The zero-order chi connectivity index (χ0) is 23.9. The monoisotopic (exact) mass is 482 g/mol. The molecule has 35 heavy (non-hydrogen) atoms. The van der Waals surface area contributed by atoms with E-state index in [1.807, 2.05) is 43.3 Å². The molecule has 6 heteroatoms. The molecule has 0 amide bonds. The summed E-state index contributed by atoms with van der Waals surface area (Å²) in [5.41, 5.74) is 6.16. The van der Waals surface area contributed by atoms with Gasteiger partial charge in [-0.3, -0.25) is 9.36 Å². The van der Waals surface area contributed by atoms with Crippen LogP contribution >= 0.6 is 11.3 Å². The van der Waals surface area contributed by atoms with Crippen LogP contribution in [-0.2, 0) is 6.42 Å². The highest BCUT2D eigenvalue weighted by molar-refractivity contribution is 7.07. The minimum Gasteiger partial charge on any atom is -0.494 e. The molecule has 0 saturated heterocycles. The number of halogens is 1. The first-order valence-corrected chi connectivity index (χ1v) is 12.6. The van der Waals surface area contributed by atoms with Gasteiger partial charge < -0.3 is 4.74 Å². The summed E-state index contributed by atoms with van der Waals surface area (Å²) in [5.74, 6) is 0.508. The maximum absolute atomic E-state index is 13.8. The molecule has 0 N–H and O–H groups in total. The van der Waals surface area contributed by atoms with E-state index in [4.69, 9.17) is 9.73 Å². The van der Waals surface area contributed by atoms with Crippen LogP contribution in [0.4, 0.5) is 4.39 Å². The second-order valence-corrected chi connectivity index (χ2v) is 9.68. The number of fused-ring (bicyclic) bond motifs is 3. The standard InChI is InChI=1S/C29H23FN2O2S/c1-2-34-22-14-7-18(8-15-22)17-25-28(33)32-27(20-9-12-21(30)13-10-20)24-16-11-19-5-3-4-6-23(19)26(24)31-29(32)35-25/h3-10,12-15,17,27H,2,11,16H2,1H3/b25-17+/t27-/m0/s1. The molecule has 0 bridgehead atoms. The third-order valence-electron chi connectivity index (χ3n) is 6.55. The Hall–Kier alpha value is -3.77. The van der Waals surface area contributed by atoms with Gasteiger partial charge in [0.1, 0.15) is 11.6 Å². The topological polar surface area (TPSA) is 43.6 Å². The van der Waals surface area contributed by atoms with Crippen molar-refractivity contribution in [3.8, 4) is 5.75 Å². The molecule has 0 radical (unpaired) electrons. The lowest BCUT2D eigenvalue weighted by Crippen LogP contribution is -2.38. The van der Waals surface area contributed by atoms with Crippen LogP contribution in [0.3, 0.4) is 0 Å². The number of thiazole rings is 1. The first-order chi connectivity index (χ1) is 17.1. The zero-order valence-corrected chi connectivity index (χ0v) is 20.0. The van der Waals surface area contributed by atoms with Crippen molar-refractivity contribution in [2.45, 2.75) is 25.8 Å². The minimum absolute atomic E-state index is 0.0811. The first kappa shape index (κ1) is 21.7. The summed E-state index contributed by atoms with van der Waals surface area (Å²) in [6.45, 7) is 2.55. The molecule has 174 valence electrons. The fourth-order valence-electron chi connectivity index (χ4n) is 4.95. The van der Waals surface area contributed by atoms with E-state index in [0.29, 0.717) is 15.9 Å². The molecule has 2 heterocycles. The minimum atomic E-state index is -0.308. The van der Waals surface area contributed by atoms with Crippen LogP contribution in [-0.4, -0.2) is 11.2 Å². The van der Waals surface area contributed by atoms with E-state index < -0.39 is 0 Å². The highest BCUT2D eigenvalue weighted by atomic mass is 32.1. The molecule has 0 saturated carbocycles. The van der Waals surface area contributed by atoms with Crippen LogP contribution in [0.25, 0.3) is 11.8 Å². The van der Waals surface area contributed by atoms with Crippen LogP contribution < -0.4 is 19.6 Å². The van der Waals surface area contributed by atoms with Gasteiger partial charge in [0.25, 0.3) is 5.56 Å². The summed E-state index contributed by atoms with van der Waals surface area (Å²) in [6, 6.07) is 22.2. The van der Waals surface area contributed by atoms with E-state index in [2.05, 4.69) is 18.2 Å². The van der Waals surface area contributed by atoms with Gasteiger partial charge in [0.2, 0.25) is 0 Å². The summed E-state index contributed by atoms with van der Waals surface area (Å²) < 4.78 is 21.7. The summed E-state index contributed by atoms with van der Waals surface area (Å²) in [5, 5.41) is 0. The van der Waals surface area contributed by atoms with Gasteiger partial charge in [-0.2, -0.15) is 0 Å². The number of hydrogen-bond acceptors (Lipinski definition) is 4. The van der Waals surface area contributed by atoms with Gasteiger partial charge in [-0.1, -0.05) is 59.9 Å². The fraction of sp³-hybridized carbons (Fsp3) is 0.172. The second kappa shape index (κ2) is 8.78. The number of rotatable bonds is 4. The highest BCUT2D eigenvalue weighted by Gasteiger charge is 2.32. The Labute approximate surface area is 206 Å². The van der Waals surface area contributed by atoms with Gasteiger partial charge in [-0.05, 0) is 72.4 Å². The fourth-order valence-corrected chi connectivity index (χ4v) is 5.95. The van der Waals surface area contributed by atoms with E-state index >= 15 is 0 Å². The summed E-state index contributed by atoms with van der Waals surface area (Å²) >= 11 is 1.39. The van der Waals surface area contributed by atoms with Crippen molar-refractivity contribution in [3.63, 3.8) is 0 Å². The molecule has 0 spiro atoms. The predicted octanol–water partition coefficient (Wildman–Crippen LogP) is 4.86. The lowest BCUT2D eigenvalue weighted by Gasteiger charge is -2.30. The summed E-state index contributed by atoms with van der Waals surface area (Å²) in [4.78, 5) is 19.4. The highest BCUT2D eigenvalue weighted by Crippen LogP contribution is 2.41. The average Bonchev–Trinajstić information content (AvgIpc) is 3.19. The Morgan fingerprint density at radius 2 is 1.83 bits per heavy atom. The Balaban J connectivity index is 1.55. The predicted molar refractivity (Wildman–Crippen MR) is 137 cm³/mol. The van der Waals surface area contributed by atoms with Crippen LogP contribution in [0, 0.1) is 5.82 Å². The molecule has 0 unspecified atom stereocenters. The van der Waals surface area contributed by atoms with Gasteiger partial charge in [0.05, 0.1) is 22.9 Å². The van der Waals surface area contributed by atoms with Crippen molar-refractivity contribution in [1.82, 2.24) is 4.57 Å². The van der Waals surface area contributed by atoms with E-state index in [1.54, 1.807) is 16.7 Å². The van der Waals surface area contributed by atoms with Gasteiger partial charge in [0, 0.05) is 5.56 Å². The van der Waals surface area contributed by atoms with Gasteiger partial charge in [-0.15, -0.1) is 0 Å². The number of nitrogens with zero attached hydrogens (tertiary/aromatic N) is 2. The van der Waals surface area contributed by atoms with Crippen LogP contribution in [0.1, 0.15) is 41.6 Å². The Morgan fingerprint density at radius 1 is 1.06 bits per heavy atom. The Kier molecular flexibility index (Phi) is 5.46. The average molecular weight is 483 g/mol. The lowest BCUT2D eigenvalue weighted by molar-refractivity contribution is 0.340. The van der Waals surface area contributed by atoms with Crippen molar-refractivity contribution in [2.75, 3.05) is 6.61 Å². The van der Waals surface area contributed by atoms with Crippen LogP contribution in [0.15, 0.2) is 88.2 Å². The van der Waals surface area contributed by atoms with Crippen LogP contribution in [0.2, 0.25) is 0 Å². The molecule has 6 rings (SSSR count). The molecule has 4 aromatic rings. The summed E-state index contributed by atoms with van der Waals surface area (Å²) in [7, 11) is 0. The molecular formula is C29H23FN2O2S. The maximum Gasteiger partial charge on any atom is 0.271 e. The van der Waals surface area contributed by atoms with E-state index in [0.717, 1.165) is 46.6 Å². The number of aryl methyl sites for hydroxylation is 1. The van der Waals surface area contributed by atoms with E-state index in [-0.39, 0.29) is 17.4 Å². The third kappa shape index (κ3) is 3.84. The molecule has 1 atom stereocenters. The summed E-state index contributed by atoms with van der Waals surface area (Å²) in [6.07, 6.45) is 3.59. The third-order valence-corrected chi connectivity index (χ3v) is 7.53. The molecule has 1 aliphatic carbocycles. The molecule has 1 aromatic heterocycles. The molecule has 0 fully saturated rings. The van der Waals surface area contributed by atoms with Crippen molar-refractivity contribution in [3.05, 3.63) is 126 Å². The number of aromatic nitrogens is 1. The number of benzene rings is 3. The Morgan fingerprint density at radius 3 is 2.60 bits per heavy atom. The van der Waals surface area contributed by atoms with E-state index in [1.165, 1.54) is 29.0 Å². The van der Waals surface area contributed by atoms with Gasteiger partial charge in [0.15, 0.2) is 4.80 Å². The molecule has 2 aliphatic rings. The second-order valence-electron chi connectivity index (χ2n) is 8.67. The Bertz CT molecular complexity index is 1630. The van der Waals surface area contributed by atoms with Crippen LogP contribution in [0.5, 0.6) is 5.75 Å².